The van der Waals surface area contributed by atoms with Crippen LogP contribution >= 0.6 is 0 Å². The summed E-state index contributed by atoms with van der Waals surface area (Å²) in [4.78, 5) is 0. The summed E-state index contributed by atoms with van der Waals surface area (Å²) in [6.07, 6.45) is 6.28. The van der Waals surface area contributed by atoms with Crippen LogP contribution in [0.15, 0.2) is 0 Å². The zero-order valence-corrected chi connectivity index (χ0v) is 4.65. The average Bonchev–Trinajstić information content (AvgIpc) is 1.61. The van der Waals surface area contributed by atoms with E-state index in [9.17, 15) is 0 Å². The SMILES string of the molecule is C#CCCCO.[Li+]. The topological polar surface area (TPSA) is 20.2 Å². The molecule has 0 spiro atoms. The van der Waals surface area contributed by atoms with Crippen molar-refractivity contribution >= 4 is 0 Å². The zero-order valence-electron chi connectivity index (χ0n) is 4.65. The molecule has 0 aromatic carbocycles. The number of hydrogen-bond acceptors (Lipinski definition) is 1. The van der Waals surface area contributed by atoms with Gasteiger partial charge in [-0.25, -0.2) is 0 Å². The first-order valence-corrected chi connectivity index (χ1v) is 1.96. The van der Waals surface area contributed by atoms with Crippen molar-refractivity contribution in [2.24, 2.45) is 0 Å². The predicted molar refractivity (Wildman–Crippen MR) is 25.2 cm³/mol. The fraction of sp³-hybridized carbons (Fsp3) is 0.600. The third kappa shape index (κ3) is 10.7. The van der Waals surface area contributed by atoms with Crippen LogP contribution in [0.5, 0.6) is 0 Å². The molecule has 0 unspecified atom stereocenters. The molecule has 2 heteroatoms. The van der Waals surface area contributed by atoms with Crippen LogP contribution in [0.2, 0.25) is 0 Å². The zero-order chi connectivity index (χ0) is 4.83. The Morgan fingerprint density at radius 2 is 2.14 bits per heavy atom. The second kappa shape index (κ2) is 9.45. The van der Waals surface area contributed by atoms with Crippen LogP contribution < -0.4 is 18.9 Å². The Hall–Kier alpha value is 0.117. The molecule has 0 atom stereocenters. The molecule has 0 saturated carbocycles. The molecule has 0 heterocycles. The Bertz CT molecular complexity index is 55.6. The second-order valence-corrected chi connectivity index (χ2v) is 1.03. The summed E-state index contributed by atoms with van der Waals surface area (Å²) in [6.45, 7) is 0.212. The molecule has 0 fully saturated rings. The quantitative estimate of drug-likeness (QED) is 0.224. The van der Waals surface area contributed by atoms with Crippen molar-refractivity contribution in [2.45, 2.75) is 12.8 Å². The summed E-state index contributed by atoms with van der Waals surface area (Å²) in [6, 6.07) is 0. The van der Waals surface area contributed by atoms with E-state index < -0.39 is 0 Å². The van der Waals surface area contributed by atoms with E-state index in [0.29, 0.717) is 6.42 Å². The van der Waals surface area contributed by atoms with E-state index >= 15 is 0 Å². The average molecular weight is 91.1 g/mol. The van der Waals surface area contributed by atoms with Crippen molar-refractivity contribution in [3.63, 3.8) is 0 Å². The maximum atomic E-state index is 8.10. The third-order valence-corrected chi connectivity index (χ3v) is 0.479. The van der Waals surface area contributed by atoms with E-state index in [2.05, 4.69) is 5.92 Å². The molecule has 0 aliphatic heterocycles. The molecule has 0 aromatic rings. The van der Waals surface area contributed by atoms with Crippen molar-refractivity contribution in [2.75, 3.05) is 6.61 Å². The molecular weight excluding hydrogens is 83.0 g/mol. The number of terminal acetylenes is 1. The Balaban J connectivity index is 0. The minimum atomic E-state index is 0. The molecule has 7 heavy (non-hydrogen) atoms. The van der Waals surface area contributed by atoms with Gasteiger partial charge in [0.2, 0.25) is 0 Å². The molecule has 0 aliphatic rings. The van der Waals surface area contributed by atoms with Gasteiger partial charge in [-0.05, 0) is 6.42 Å². The van der Waals surface area contributed by atoms with Crippen molar-refractivity contribution in [1.82, 2.24) is 0 Å². The van der Waals surface area contributed by atoms with E-state index in [4.69, 9.17) is 11.5 Å². The van der Waals surface area contributed by atoms with Crippen LogP contribution in [0.4, 0.5) is 0 Å². The normalized spacial score (nSPS) is 6.29. The molecule has 0 amide bonds. The number of hydrogen-bond donors (Lipinski definition) is 1. The van der Waals surface area contributed by atoms with Crippen LogP contribution in [0.1, 0.15) is 12.8 Å². The van der Waals surface area contributed by atoms with Crippen molar-refractivity contribution in [3.8, 4) is 12.3 Å². The van der Waals surface area contributed by atoms with Crippen LogP contribution in [-0.2, 0) is 0 Å². The molecule has 0 saturated heterocycles. The maximum Gasteiger partial charge on any atom is 1.00 e. The van der Waals surface area contributed by atoms with E-state index in [1.165, 1.54) is 0 Å². The van der Waals surface area contributed by atoms with E-state index in [1.807, 2.05) is 0 Å². The number of rotatable bonds is 2. The Morgan fingerprint density at radius 3 is 2.29 bits per heavy atom. The summed E-state index contributed by atoms with van der Waals surface area (Å²) in [5.74, 6) is 2.41. The summed E-state index contributed by atoms with van der Waals surface area (Å²) in [5.41, 5.74) is 0. The molecule has 1 N–H and O–H groups in total. The van der Waals surface area contributed by atoms with Crippen molar-refractivity contribution in [1.29, 1.82) is 0 Å². The third-order valence-electron chi connectivity index (χ3n) is 0.479. The Kier molecular flexibility index (Phi) is 13.7. The first-order chi connectivity index (χ1) is 2.91. The number of unbranched alkanes of at least 4 members (excludes halogenated alkanes) is 1. The Morgan fingerprint density at radius 1 is 1.57 bits per heavy atom. The van der Waals surface area contributed by atoms with Gasteiger partial charge in [-0.2, -0.15) is 0 Å². The maximum absolute atomic E-state index is 8.10. The molecule has 34 valence electrons. The molecule has 0 aromatic heterocycles. The first-order valence-electron chi connectivity index (χ1n) is 1.96. The Labute approximate surface area is 56.3 Å². The number of aliphatic hydroxyl groups is 1. The van der Waals surface area contributed by atoms with Gasteiger partial charge in [0.15, 0.2) is 0 Å². The van der Waals surface area contributed by atoms with Gasteiger partial charge in [-0.15, -0.1) is 12.3 Å². The van der Waals surface area contributed by atoms with Gasteiger partial charge in [0.1, 0.15) is 0 Å². The number of aliphatic hydroxyl groups excluding tert-OH is 1. The minimum Gasteiger partial charge on any atom is -0.396 e. The van der Waals surface area contributed by atoms with Gasteiger partial charge in [0.25, 0.3) is 0 Å². The van der Waals surface area contributed by atoms with Gasteiger partial charge >= 0.3 is 18.9 Å². The van der Waals surface area contributed by atoms with E-state index in [1.54, 1.807) is 0 Å². The molecule has 0 rings (SSSR count). The summed E-state index contributed by atoms with van der Waals surface area (Å²) in [7, 11) is 0. The van der Waals surface area contributed by atoms with Crippen LogP contribution in [0.25, 0.3) is 0 Å². The molecule has 1 nitrogen and oxygen atoms in total. The summed E-state index contributed by atoms with van der Waals surface area (Å²) >= 11 is 0. The fourth-order valence-corrected chi connectivity index (χ4v) is 0.181. The van der Waals surface area contributed by atoms with Crippen LogP contribution in [-0.4, -0.2) is 11.7 Å². The largest absolute Gasteiger partial charge is 1.00 e. The van der Waals surface area contributed by atoms with Crippen LogP contribution in [0, 0.1) is 12.3 Å². The molecular formula is C5H8LiO+. The molecule has 0 radical (unpaired) electrons. The second-order valence-electron chi connectivity index (χ2n) is 1.03. The standard InChI is InChI=1S/C5H8O.Li/c1-2-3-4-5-6;/h1,6H,3-5H2;/q;+1. The predicted octanol–water partition coefficient (Wildman–Crippen LogP) is -2.60. The van der Waals surface area contributed by atoms with Gasteiger partial charge in [-0.1, -0.05) is 0 Å². The van der Waals surface area contributed by atoms with Gasteiger partial charge in [-0.3, -0.25) is 0 Å². The van der Waals surface area contributed by atoms with Gasteiger partial charge < -0.3 is 5.11 Å². The van der Waals surface area contributed by atoms with Crippen LogP contribution in [0.3, 0.4) is 0 Å². The summed E-state index contributed by atoms with van der Waals surface area (Å²) in [5, 5.41) is 8.10. The van der Waals surface area contributed by atoms with Crippen molar-refractivity contribution in [3.05, 3.63) is 0 Å². The molecule has 0 aliphatic carbocycles. The summed E-state index contributed by atoms with van der Waals surface area (Å²) < 4.78 is 0. The monoisotopic (exact) mass is 91.1 g/mol. The smallest absolute Gasteiger partial charge is 0.396 e. The van der Waals surface area contributed by atoms with Gasteiger partial charge in [0.05, 0.1) is 0 Å². The minimum absolute atomic E-state index is 0. The fourth-order valence-electron chi connectivity index (χ4n) is 0.181. The molecule has 0 bridgehead atoms. The van der Waals surface area contributed by atoms with E-state index in [0.717, 1.165) is 6.42 Å². The van der Waals surface area contributed by atoms with Crippen molar-refractivity contribution < 1.29 is 24.0 Å². The van der Waals surface area contributed by atoms with Gasteiger partial charge in [0, 0.05) is 13.0 Å². The first kappa shape index (κ1) is 10.2. The van der Waals surface area contributed by atoms with E-state index in [-0.39, 0.29) is 25.5 Å².